The van der Waals surface area contributed by atoms with E-state index in [2.05, 4.69) is 26.1 Å². The molecule has 0 aromatic carbocycles. The second-order valence-electron chi connectivity index (χ2n) is 4.53. The van der Waals surface area contributed by atoms with Crippen LogP contribution in [0.1, 0.15) is 20.8 Å². The Kier molecular flexibility index (Phi) is 3.50. The third-order valence-corrected chi connectivity index (χ3v) is 2.64. The Morgan fingerprint density at radius 3 is 2.86 bits per heavy atom. The standard InChI is InChI=1S/C10H20N2O2/c1-8-5-12(9(13)6-14-4)10(2,3)7-11-8/h8,11H,5-7H2,1-4H3. The van der Waals surface area contributed by atoms with Gasteiger partial charge in [0.15, 0.2) is 0 Å². The molecule has 82 valence electrons. The smallest absolute Gasteiger partial charge is 0.249 e. The molecule has 0 bridgehead atoms. The minimum atomic E-state index is -0.109. The second kappa shape index (κ2) is 4.28. The maximum Gasteiger partial charge on any atom is 0.249 e. The molecule has 0 aromatic rings. The van der Waals surface area contributed by atoms with Gasteiger partial charge in [0.2, 0.25) is 5.91 Å². The number of nitrogens with zero attached hydrogens (tertiary/aromatic N) is 1. The van der Waals surface area contributed by atoms with E-state index in [1.807, 2.05) is 4.90 Å². The number of hydrogen-bond donors (Lipinski definition) is 1. The highest BCUT2D eigenvalue weighted by Crippen LogP contribution is 2.18. The molecule has 1 rings (SSSR count). The van der Waals surface area contributed by atoms with Crippen LogP contribution in [-0.2, 0) is 9.53 Å². The van der Waals surface area contributed by atoms with Crippen LogP contribution < -0.4 is 5.32 Å². The highest BCUT2D eigenvalue weighted by Gasteiger charge is 2.35. The quantitative estimate of drug-likeness (QED) is 0.694. The van der Waals surface area contributed by atoms with Gasteiger partial charge in [0.05, 0.1) is 0 Å². The van der Waals surface area contributed by atoms with Gasteiger partial charge in [-0.15, -0.1) is 0 Å². The first-order valence-corrected chi connectivity index (χ1v) is 5.00. The maximum absolute atomic E-state index is 11.7. The van der Waals surface area contributed by atoms with E-state index in [0.717, 1.165) is 13.1 Å². The normalized spacial score (nSPS) is 26.3. The van der Waals surface area contributed by atoms with E-state index in [0.29, 0.717) is 6.04 Å². The van der Waals surface area contributed by atoms with E-state index < -0.39 is 0 Å². The van der Waals surface area contributed by atoms with Gasteiger partial charge in [-0.1, -0.05) is 0 Å². The van der Waals surface area contributed by atoms with Crippen LogP contribution in [0.5, 0.6) is 0 Å². The molecule has 1 aliphatic heterocycles. The Labute approximate surface area is 85.6 Å². The van der Waals surface area contributed by atoms with Gasteiger partial charge in [-0.3, -0.25) is 4.79 Å². The molecule has 0 aromatic heterocycles. The molecular formula is C10H20N2O2. The lowest BCUT2D eigenvalue weighted by Gasteiger charge is -2.45. The minimum absolute atomic E-state index is 0.0749. The first-order valence-electron chi connectivity index (χ1n) is 5.00. The van der Waals surface area contributed by atoms with Crippen molar-refractivity contribution in [2.75, 3.05) is 26.8 Å². The van der Waals surface area contributed by atoms with E-state index in [-0.39, 0.29) is 18.1 Å². The summed E-state index contributed by atoms with van der Waals surface area (Å²) in [5.41, 5.74) is -0.109. The molecule has 0 radical (unpaired) electrons. The fourth-order valence-corrected chi connectivity index (χ4v) is 1.75. The molecule has 0 spiro atoms. The van der Waals surface area contributed by atoms with Crippen LogP contribution in [0, 0.1) is 0 Å². The third kappa shape index (κ3) is 2.45. The van der Waals surface area contributed by atoms with Gasteiger partial charge >= 0.3 is 0 Å². The number of carbonyl (C=O) groups is 1. The summed E-state index contributed by atoms with van der Waals surface area (Å²) in [5.74, 6) is 0.0749. The van der Waals surface area contributed by atoms with Crippen LogP contribution in [-0.4, -0.2) is 49.2 Å². The summed E-state index contributed by atoms with van der Waals surface area (Å²) >= 11 is 0. The molecule has 1 aliphatic rings. The van der Waals surface area contributed by atoms with Crippen molar-refractivity contribution >= 4 is 5.91 Å². The van der Waals surface area contributed by atoms with Crippen molar-refractivity contribution < 1.29 is 9.53 Å². The van der Waals surface area contributed by atoms with Crippen molar-refractivity contribution in [3.05, 3.63) is 0 Å². The van der Waals surface area contributed by atoms with Gasteiger partial charge in [0.1, 0.15) is 6.61 Å². The number of nitrogens with one attached hydrogen (secondary N) is 1. The van der Waals surface area contributed by atoms with Crippen LogP contribution in [0.25, 0.3) is 0 Å². The van der Waals surface area contributed by atoms with E-state index in [9.17, 15) is 4.79 Å². The highest BCUT2D eigenvalue weighted by atomic mass is 16.5. The van der Waals surface area contributed by atoms with Crippen molar-refractivity contribution in [1.29, 1.82) is 0 Å². The second-order valence-corrected chi connectivity index (χ2v) is 4.53. The number of amides is 1. The molecule has 4 heteroatoms. The van der Waals surface area contributed by atoms with Gasteiger partial charge in [-0.2, -0.15) is 0 Å². The number of ether oxygens (including phenoxy) is 1. The van der Waals surface area contributed by atoms with Crippen molar-refractivity contribution in [3.63, 3.8) is 0 Å². The lowest BCUT2D eigenvalue weighted by Crippen LogP contribution is -2.63. The number of carbonyl (C=O) groups excluding carboxylic acids is 1. The van der Waals surface area contributed by atoms with Gasteiger partial charge in [0.25, 0.3) is 0 Å². The van der Waals surface area contributed by atoms with Crippen LogP contribution >= 0.6 is 0 Å². The largest absolute Gasteiger partial charge is 0.375 e. The van der Waals surface area contributed by atoms with Gasteiger partial charge in [-0.25, -0.2) is 0 Å². The zero-order chi connectivity index (χ0) is 10.8. The van der Waals surface area contributed by atoms with E-state index in [4.69, 9.17) is 4.74 Å². The summed E-state index contributed by atoms with van der Waals surface area (Å²) in [6.45, 7) is 8.00. The number of methoxy groups -OCH3 is 1. The van der Waals surface area contributed by atoms with Gasteiger partial charge in [0, 0.05) is 31.8 Å². The van der Waals surface area contributed by atoms with Gasteiger partial charge in [-0.05, 0) is 20.8 Å². The lowest BCUT2D eigenvalue weighted by atomic mass is 9.98. The van der Waals surface area contributed by atoms with Gasteiger partial charge < -0.3 is 15.0 Å². The fraction of sp³-hybridized carbons (Fsp3) is 0.900. The van der Waals surface area contributed by atoms with Crippen molar-refractivity contribution in [2.24, 2.45) is 0 Å². The predicted molar refractivity (Wildman–Crippen MR) is 55.1 cm³/mol. The number of rotatable bonds is 2. The Balaban J connectivity index is 2.67. The van der Waals surface area contributed by atoms with E-state index >= 15 is 0 Å². The Bertz CT molecular complexity index is 216. The molecule has 1 unspecified atom stereocenters. The minimum Gasteiger partial charge on any atom is -0.375 e. The molecule has 0 saturated carbocycles. The molecular weight excluding hydrogens is 180 g/mol. The zero-order valence-corrected chi connectivity index (χ0v) is 9.46. The molecule has 1 atom stereocenters. The number of hydrogen-bond acceptors (Lipinski definition) is 3. The average Bonchev–Trinajstić information content (AvgIpc) is 2.10. The summed E-state index contributed by atoms with van der Waals surface area (Å²) in [6.07, 6.45) is 0. The first kappa shape index (κ1) is 11.5. The summed E-state index contributed by atoms with van der Waals surface area (Å²) in [5, 5.41) is 3.36. The Hall–Kier alpha value is -0.610. The average molecular weight is 200 g/mol. The fourth-order valence-electron chi connectivity index (χ4n) is 1.75. The molecule has 1 amide bonds. The summed E-state index contributed by atoms with van der Waals surface area (Å²) in [6, 6.07) is 0.365. The first-order chi connectivity index (χ1) is 6.47. The van der Waals surface area contributed by atoms with Crippen LogP contribution in [0.15, 0.2) is 0 Å². The summed E-state index contributed by atoms with van der Waals surface area (Å²) < 4.78 is 4.87. The molecule has 1 fully saturated rings. The topological polar surface area (TPSA) is 41.6 Å². The van der Waals surface area contributed by atoms with Crippen molar-refractivity contribution in [2.45, 2.75) is 32.4 Å². The Morgan fingerprint density at radius 1 is 1.64 bits per heavy atom. The molecule has 0 aliphatic carbocycles. The zero-order valence-electron chi connectivity index (χ0n) is 9.46. The molecule has 1 saturated heterocycles. The van der Waals surface area contributed by atoms with Crippen LogP contribution in [0.4, 0.5) is 0 Å². The van der Waals surface area contributed by atoms with E-state index in [1.165, 1.54) is 0 Å². The SMILES string of the molecule is COCC(=O)N1CC(C)NCC1(C)C. The predicted octanol–water partition coefficient (Wildman–Crippen LogP) is 0.232. The molecule has 4 nitrogen and oxygen atoms in total. The van der Waals surface area contributed by atoms with Crippen molar-refractivity contribution in [3.8, 4) is 0 Å². The molecule has 14 heavy (non-hydrogen) atoms. The molecule has 1 heterocycles. The van der Waals surface area contributed by atoms with Crippen LogP contribution in [0.2, 0.25) is 0 Å². The summed E-state index contributed by atoms with van der Waals surface area (Å²) in [7, 11) is 1.55. The third-order valence-electron chi connectivity index (χ3n) is 2.64. The highest BCUT2D eigenvalue weighted by molar-refractivity contribution is 5.78. The number of piperazine rings is 1. The maximum atomic E-state index is 11.7. The molecule has 1 N–H and O–H groups in total. The van der Waals surface area contributed by atoms with E-state index in [1.54, 1.807) is 7.11 Å². The Morgan fingerprint density at radius 2 is 2.29 bits per heavy atom. The van der Waals surface area contributed by atoms with Crippen LogP contribution in [0.3, 0.4) is 0 Å². The monoisotopic (exact) mass is 200 g/mol. The summed E-state index contributed by atoms with van der Waals surface area (Å²) in [4.78, 5) is 13.6. The van der Waals surface area contributed by atoms with Crippen molar-refractivity contribution in [1.82, 2.24) is 10.2 Å². The lowest BCUT2D eigenvalue weighted by molar-refractivity contribution is -0.142.